The SMILES string of the molecule is O=C(CC1CCCCC1)NCc1csc(-c2ccncc2)n1. The van der Waals surface area contributed by atoms with Crippen LogP contribution in [0.4, 0.5) is 0 Å². The molecule has 0 aliphatic heterocycles. The lowest BCUT2D eigenvalue weighted by Crippen LogP contribution is -2.26. The van der Waals surface area contributed by atoms with E-state index in [9.17, 15) is 4.79 Å². The lowest BCUT2D eigenvalue weighted by Gasteiger charge is -2.20. The number of hydrogen-bond acceptors (Lipinski definition) is 4. The van der Waals surface area contributed by atoms with Gasteiger partial charge in [0.1, 0.15) is 5.01 Å². The first-order valence-corrected chi connectivity index (χ1v) is 8.81. The minimum atomic E-state index is 0.158. The predicted octanol–water partition coefficient (Wildman–Crippen LogP) is 3.79. The van der Waals surface area contributed by atoms with Crippen molar-refractivity contribution < 1.29 is 4.79 Å². The van der Waals surface area contributed by atoms with Crippen LogP contribution in [0.1, 0.15) is 44.2 Å². The Morgan fingerprint density at radius 3 is 2.77 bits per heavy atom. The number of hydrogen-bond donors (Lipinski definition) is 1. The van der Waals surface area contributed by atoms with Gasteiger partial charge in [0.25, 0.3) is 0 Å². The summed E-state index contributed by atoms with van der Waals surface area (Å²) in [5, 5.41) is 5.99. The van der Waals surface area contributed by atoms with E-state index < -0.39 is 0 Å². The molecule has 5 heteroatoms. The molecule has 0 saturated heterocycles. The smallest absolute Gasteiger partial charge is 0.220 e. The van der Waals surface area contributed by atoms with Gasteiger partial charge in [-0.25, -0.2) is 4.98 Å². The number of carbonyl (C=O) groups is 1. The number of nitrogens with one attached hydrogen (secondary N) is 1. The fraction of sp³-hybridized carbons (Fsp3) is 0.471. The van der Waals surface area contributed by atoms with Crippen LogP contribution in [-0.4, -0.2) is 15.9 Å². The molecular weight excluding hydrogens is 294 g/mol. The highest BCUT2D eigenvalue weighted by atomic mass is 32.1. The Bertz CT molecular complexity index is 605. The van der Waals surface area contributed by atoms with Crippen LogP contribution >= 0.6 is 11.3 Å². The van der Waals surface area contributed by atoms with E-state index in [1.54, 1.807) is 23.7 Å². The average Bonchev–Trinajstić information content (AvgIpc) is 3.04. The molecule has 3 rings (SSSR count). The quantitative estimate of drug-likeness (QED) is 0.913. The molecule has 0 aromatic carbocycles. The van der Waals surface area contributed by atoms with Crippen molar-refractivity contribution in [3.05, 3.63) is 35.6 Å². The van der Waals surface area contributed by atoms with Crippen LogP contribution in [0.5, 0.6) is 0 Å². The molecule has 1 saturated carbocycles. The number of carbonyl (C=O) groups excluding carboxylic acids is 1. The lowest BCUT2D eigenvalue weighted by atomic mass is 9.87. The normalized spacial score (nSPS) is 15.6. The largest absolute Gasteiger partial charge is 0.350 e. The number of nitrogens with zero attached hydrogens (tertiary/aromatic N) is 2. The van der Waals surface area contributed by atoms with Crippen molar-refractivity contribution in [2.24, 2.45) is 5.92 Å². The van der Waals surface area contributed by atoms with Crippen LogP contribution in [0, 0.1) is 5.92 Å². The summed E-state index contributed by atoms with van der Waals surface area (Å²) in [6.07, 6.45) is 10.5. The van der Waals surface area contributed by atoms with Crippen molar-refractivity contribution >= 4 is 17.2 Å². The zero-order valence-corrected chi connectivity index (χ0v) is 13.4. The van der Waals surface area contributed by atoms with E-state index in [2.05, 4.69) is 15.3 Å². The summed E-state index contributed by atoms with van der Waals surface area (Å²) in [5.41, 5.74) is 1.99. The number of pyridine rings is 1. The van der Waals surface area contributed by atoms with Gasteiger partial charge in [0.15, 0.2) is 0 Å². The molecule has 2 aromatic rings. The van der Waals surface area contributed by atoms with E-state index in [1.807, 2.05) is 17.5 Å². The van der Waals surface area contributed by atoms with Crippen LogP contribution in [0.15, 0.2) is 29.9 Å². The fourth-order valence-electron chi connectivity index (χ4n) is 2.93. The Balaban J connectivity index is 1.49. The Morgan fingerprint density at radius 2 is 2.00 bits per heavy atom. The summed E-state index contributed by atoms with van der Waals surface area (Å²) in [7, 11) is 0. The molecule has 1 fully saturated rings. The fourth-order valence-corrected chi connectivity index (χ4v) is 3.76. The Labute approximate surface area is 135 Å². The molecule has 0 radical (unpaired) electrons. The highest BCUT2D eigenvalue weighted by Gasteiger charge is 2.17. The molecule has 2 aromatic heterocycles. The Morgan fingerprint density at radius 1 is 1.23 bits per heavy atom. The van der Waals surface area contributed by atoms with Crippen LogP contribution in [0.3, 0.4) is 0 Å². The van der Waals surface area contributed by atoms with Gasteiger partial charge in [0, 0.05) is 29.8 Å². The molecule has 0 unspecified atom stereocenters. The van der Waals surface area contributed by atoms with E-state index in [0.717, 1.165) is 16.3 Å². The Hall–Kier alpha value is -1.75. The van der Waals surface area contributed by atoms with Crippen molar-refractivity contribution in [2.45, 2.75) is 45.1 Å². The van der Waals surface area contributed by atoms with Gasteiger partial charge < -0.3 is 5.32 Å². The molecular formula is C17H21N3OS. The molecule has 22 heavy (non-hydrogen) atoms. The summed E-state index contributed by atoms with van der Waals surface area (Å²) in [5.74, 6) is 0.738. The van der Waals surface area contributed by atoms with E-state index >= 15 is 0 Å². The summed E-state index contributed by atoms with van der Waals surface area (Å²) in [4.78, 5) is 20.6. The minimum Gasteiger partial charge on any atom is -0.350 e. The molecule has 4 nitrogen and oxygen atoms in total. The van der Waals surface area contributed by atoms with Gasteiger partial charge in [-0.1, -0.05) is 19.3 Å². The van der Waals surface area contributed by atoms with Crippen LogP contribution < -0.4 is 5.32 Å². The molecule has 2 heterocycles. The second kappa shape index (κ2) is 7.49. The molecule has 1 N–H and O–H groups in total. The molecule has 0 atom stereocenters. The first kappa shape index (κ1) is 15.2. The van der Waals surface area contributed by atoms with Crippen molar-refractivity contribution in [2.75, 3.05) is 0 Å². The van der Waals surface area contributed by atoms with Gasteiger partial charge in [-0.05, 0) is 30.9 Å². The standard InChI is InChI=1S/C17H21N3OS/c21-16(10-13-4-2-1-3-5-13)19-11-15-12-22-17(20-15)14-6-8-18-9-7-14/h6-9,12-13H,1-5,10-11H2,(H,19,21). The molecule has 1 aliphatic rings. The summed E-state index contributed by atoms with van der Waals surface area (Å²) in [6, 6.07) is 3.90. The monoisotopic (exact) mass is 315 g/mol. The highest BCUT2D eigenvalue weighted by Crippen LogP contribution is 2.26. The minimum absolute atomic E-state index is 0.158. The average molecular weight is 315 g/mol. The maximum absolute atomic E-state index is 12.0. The second-order valence-corrected chi connectivity index (χ2v) is 6.72. The summed E-state index contributed by atoms with van der Waals surface area (Å²) in [6.45, 7) is 0.521. The van der Waals surface area contributed by atoms with E-state index in [-0.39, 0.29) is 5.91 Å². The number of amides is 1. The zero-order valence-electron chi connectivity index (χ0n) is 12.6. The molecule has 116 valence electrons. The summed E-state index contributed by atoms with van der Waals surface area (Å²) < 4.78 is 0. The Kier molecular flexibility index (Phi) is 5.16. The van der Waals surface area contributed by atoms with Crippen molar-refractivity contribution in [1.29, 1.82) is 0 Å². The van der Waals surface area contributed by atoms with Crippen molar-refractivity contribution in [3.63, 3.8) is 0 Å². The maximum atomic E-state index is 12.0. The lowest BCUT2D eigenvalue weighted by molar-refractivity contribution is -0.122. The van der Waals surface area contributed by atoms with Crippen molar-refractivity contribution in [3.8, 4) is 10.6 Å². The molecule has 0 spiro atoms. The van der Waals surface area contributed by atoms with Gasteiger partial charge in [-0.2, -0.15) is 0 Å². The van der Waals surface area contributed by atoms with Gasteiger partial charge in [-0.15, -0.1) is 11.3 Å². The highest BCUT2D eigenvalue weighted by molar-refractivity contribution is 7.13. The maximum Gasteiger partial charge on any atom is 0.220 e. The number of thiazole rings is 1. The summed E-state index contributed by atoms with van der Waals surface area (Å²) >= 11 is 1.60. The third-order valence-electron chi connectivity index (χ3n) is 4.14. The van der Waals surface area contributed by atoms with Gasteiger partial charge in [0.2, 0.25) is 5.91 Å². The van der Waals surface area contributed by atoms with Crippen LogP contribution in [0.2, 0.25) is 0 Å². The molecule has 1 amide bonds. The van der Waals surface area contributed by atoms with Crippen LogP contribution in [0.25, 0.3) is 10.6 Å². The van der Waals surface area contributed by atoms with Crippen LogP contribution in [-0.2, 0) is 11.3 Å². The van der Waals surface area contributed by atoms with E-state index in [0.29, 0.717) is 18.9 Å². The van der Waals surface area contributed by atoms with E-state index in [1.165, 1.54) is 32.1 Å². The topological polar surface area (TPSA) is 54.9 Å². The first-order chi connectivity index (χ1) is 10.8. The van der Waals surface area contributed by atoms with E-state index in [4.69, 9.17) is 0 Å². The number of rotatable bonds is 5. The third-order valence-corrected chi connectivity index (χ3v) is 5.08. The third kappa shape index (κ3) is 4.13. The second-order valence-electron chi connectivity index (χ2n) is 5.86. The van der Waals surface area contributed by atoms with Crippen molar-refractivity contribution in [1.82, 2.24) is 15.3 Å². The number of aromatic nitrogens is 2. The van der Waals surface area contributed by atoms with Gasteiger partial charge >= 0.3 is 0 Å². The molecule has 1 aliphatic carbocycles. The first-order valence-electron chi connectivity index (χ1n) is 7.93. The molecule has 0 bridgehead atoms. The van der Waals surface area contributed by atoms with Gasteiger partial charge in [0.05, 0.1) is 12.2 Å². The predicted molar refractivity (Wildman–Crippen MR) is 88.4 cm³/mol. The zero-order chi connectivity index (χ0) is 15.2. The van der Waals surface area contributed by atoms with Gasteiger partial charge in [-0.3, -0.25) is 9.78 Å².